The molecule has 1 amide bonds. The summed E-state index contributed by atoms with van der Waals surface area (Å²) in [5.74, 6) is -0.780. The van der Waals surface area contributed by atoms with Crippen molar-refractivity contribution in [2.45, 2.75) is 37.7 Å². The van der Waals surface area contributed by atoms with Crippen LogP contribution in [-0.2, 0) is 19.6 Å². The van der Waals surface area contributed by atoms with Crippen molar-refractivity contribution in [1.29, 1.82) is 0 Å². The number of esters is 1. The van der Waals surface area contributed by atoms with E-state index in [2.05, 4.69) is 19.2 Å². The average Bonchev–Trinajstić information content (AvgIpc) is 2.68. The zero-order valence-electron chi connectivity index (χ0n) is 17.2. The Morgan fingerprint density at radius 1 is 0.931 bits per heavy atom. The van der Waals surface area contributed by atoms with Gasteiger partial charge in [0.05, 0.1) is 10.5 Å². The molecule has 0 aliphatic carbocycles. The molecule has 156 valence electrons. The van der Waals surface area contributed by atoms with Gasteiger partial charge in [0.25, 0.3) is 5.91 Å². The first-order chi connectivity index (χ1) is 13.5. The number of ether oxygens (including phenoxy) is 1. The number of carbonyl (C=O) groups excluding carboxylic acids is 2. The van der Waals surface area contributed by atoms with Crippen LogP contribution in [0, 0.1) is 0 Å². The number of carbonyl (C=O) groups is 2. The molecule has 0 saturated carbocycles. The van der Waals surface area contributed by atoms with Gasteiger partial charge in [0.2, 0.25) is 10.0 Å². The zero-order valence-corrected chi connectivity index (χ0v) is 18.0. The van der Waals surface area contributed by atoms with Crippen LogP contribution >= 0.6 is 0 Å². The second-order valence-corrected chi connectivity index (χ2v) is 9.28. The lowest BCUT2D eigenvalue weighted by Crippen LogP contribution is -2.30. The number of benzene rings is 2. The molecule has 2 aromatic rings. The van der Waals surface area contributed by atoms with Crippen LogP contribution in [-0.4, -0.2) is 44.8 Å². The highest BCUT2D eigenvalue weighted by atomic mass is 32.2. The van der Waals surface area contributed by atoms with Crippen molar-refractivity contribution in [3.05, 3.63) is 59.7 Å². The summed E-state index contributed by atoms with van der Waals surface area (Å²) < 4.78 is 30.4. The number of anilines is 1. The summed E-state index contributed by atoms with van der Waals surface area (Å²) in [6, 6.07) is 12.8. The Hall–Kier alpha value is -2.71. The molecule has 1 atom stereocenters. The molecule has 0 aliphatic heterocycles. The number of hydrogen-bond donors (Lipinski definition) is 1. The SMILES string of the molecule is CC(C)c1ccc(NC(=O)[C@@H](C)OC(=O)c2ccc(S(=O)(=O)N(C)C)cc2)cc1. The molecule has 0 aliphatic rings. The normalized spacial score (nSPS) is 12.7. The largest absolute Gasteiger partial charge is 0.449 e. The minimum Gasteiger partial charge on any atom is -0.449 e. The highest BCUT2D eigenvalue weighted by Crippen LogP contribution is 2.18. The molecule has 7 nitrogen and oxygen atoms in total. The second kappa shape index (κ2) is 9.19. The molecular formula is C21H26N2O5S. The molecule has 0 radical (unpaired) electrons. The van der Waals surface area contributed by atoms with Gasteiger partial charge < -0.3 is 10.1 Å². The monoisotopic (exact) mass is 418 g/mol. The molecule has 8 heteroatoms. The van der Waals surface area contributed by atoms with E-state index >= 15 is 0 Å². The minimum absolute atomic E-state index is 0.0645. The van der Waals surface area contributed by atoms with Crippen molar-refractivity contribution in [2.24, 2.45) is 0 Å². The van der Waals surface area contributed by atoms with E-state index in [4.69, 9.17) is 4.74 Å². The molecule has 0 saturated heterocycles. The number of rotatable bonds is 7. The number of nitrogens with zero attached hydrogens (tertiary/aromatic N) is 1. The zero-order chi connectivity index (χ0) is 21.8. The van der Waals surface area contributed by atoms with Crippen molar-refractivity contribution in [3.63, 3.8) is 0 Å². The Labute approximate surface area is 171 Å². The average molecular weight is 419 g/mol. The Bertz CT molecular complexity index is 965. The number of sulfonamides is 1. The maximum absolute atomic E-state index is 12.3. The molecule has 1 N–H and O–H groups in total. The highest BCUT2D eigenvalue weighted by molar-refractivity contribution is 7.89. The summed E-state index contributed by atoms with van der Waals surface area (Å²) in [6.07, 6.45) is -1.02. The molecule has 0 heterocycles. The van der Waals surface area contributed by atoms with Gasteiger partial charge in [-0.15, -0.1) is 0 Å². The van der Waals surface area contributed by atoms with E-state index < -0.39 is 28.0 Å². The predicted molar refractivity (Wildman–Crippen MR) is 111 cm³/mol. The molecule has 0 unspecified atom stereocenters. The summed E-state index contributed by atoms with van der Waals surface area (Å²) in [6.45, 7) is 5.63. The number of amides is 1. The van der Waals surface area contributed by atoms with E-state index in [1.54, 1.807) is 12.1 Å². The fourth-order valence-electron chi connectivity index (χ4n) is 2.45. The van der Waals surface area contributed by atoms with Crippen molar-refractivity contribution in [1.82, 2.24) is 4.31 Å². The van der Waals surface area contributed by atoms with Crippen molar-refractivity contribution in [3.8, 4) is 0 Å². The van der Waals surface area contributed by atoms with E-state index in [0.29, 0.717) is 11.6 Å². The lowest BCUT2D eigenvalue weighted by molar-refractivity contribution is -0.123. The van der Waals surface area contributed by atoms with Gasteiger partial charge in [-0.05, 0) is 54.8 Å². The Balaban J connectivity index is 1.99. The lowest BCUT2D eigenvalue weighted by Gasteiger charge is -2.15. The smallest absolute Gasteiger partial charge is 0.338 e. The summed E-state index contributed by atoms with van der Waals surface area (Å²) in [7, 11) is -0.732. The van der Waals surface area contributed by atoms with Crippen LogP contribution in [0.3, 0.4) is 0 Å². The fraction of sp³-hybridized carbons (Fsp3) is 0.333. The Morgan fingerprint density at radius 2 is 1.48 bits per heavy atom. The van der Waals surface area contributed by atoms with Crippen LogP contribution in [0.2, 0.25) is 0 Å². The van der Waals surface area contributed by atoms with Crippen LogP contribution in [0.15, 0.2) is 53.4 Å². The summed E-state index contributed by atoms with van der Waals surface area (Å²) in [4.78, 5) is 24.6. The predicted octanol–water partition coefficient (Wildman–Crippen LogP) is 3.24. The van der Waals surface area contributed by atoms with Gasteiger partial charge >= 0.3 is 5.97 Å². The molecule has 0 bridgehead atoms. The van der Waals surface area contributed by atoms with Gasteiger partial charge in [-0.2, -0.15) is 0 Å². The first-order valence-corrected chi connectivity index (χ1v) is 10.6. The van der Waals surface area contributed by atoms with Crippen molar-refractivity contribution < 1.29 is 22.7 Å². The van der Waals surface area contributed by atoms with Gasteiger partial charge in [0.1, 0.15) is 0 Å². The van der Waals surface area contributed by atoms with Gasteiger partial charge in [-0.25, -0.2) is 17.5 Å². The third-order valence-corrected chi connectivity index (χ3v) is 6.20. The first-order valence-electron chi connectivity index (χ1n) is 9.16. The van der Waals surface area contributed by atoms with Gasteiger partial charge in [0.15, 0.2) is 6.10 Å². The topological polar surface area (TPSA) is 92.8 Å². The van der Waals surface area contributed by atoms with E-state index in [1.807, 2.05) is 12.1 Å². The molecule has 2 aromatic carbocycles. The van der Waals surface area contributed by atoms with Crippen LogP contribution in [0.25, 0.3) is 0 Å². The summed E-state index contributed by atoms with van der Waals surface area (Å²) in [5.41, 5.74) is 1.92. The summed E-state index contributed by atoms with van der Waals surface area (Å²) >= 11 is 0. The minimum atomic E-state index is -3.58. The van der Waals surface area contributed by atoms with Gasteiger partial charge in [-0.3, -0.25) is 4.79 Å². The van der Waals surface area contributed by atoms with Gasteiger partial charge in [-0.1, -0.05) is 26.0 Å². The summed E-state index contributed by atoms with van der Waals surface area (Å²) in [5, 5.41) is 2.71. The van der Waals surface area contributed by atoms with Crippen molar-refractivity contribution >= 4 is 27.6 Å². The maximum atomic E-state index is 12.3. The van der Waals surface area contributed by atoms with Crippen LogP contribution in [0.4, 0.5) is 5.69 Å². The molecule has 0 spiro atoms. The molecular weight excluding hydrogens is 392 g/mol. The third-order valence-electron chi connectivity index (χ3n) is 4.37. The quantitative estimate of drug-likeness (QED) is 0.697. The molecule has 0 aromatic heterocycles. The van der Waals surface area contributed by atoms with Gasteiger partial charge in [0, 0.05) is 19.8 Å². The first kappa shape index (κ1) is 22.6. The van der Waals surface area contributed by atoms with Crippen LogP contribution in [0.1, 0.15) is 42.6 Å². The van der Waals surface area contributed by atoms with E-state index in [-0.39, 0.29) is 10.5 Å². The third kappa shape index (κ3) is 5.65. The lowest BCUT2D eigenvalue weighted by atomic mass is 10.0. The van der Waals surface area contributed by atoms with Crippen molar-refractivity contribution in [2.75, 3.05) is 19.4 Å². The van der Waals surface area contributed by atoms with E-state index in [1.165, 1.54) is 45.3 Å². The number of nitrogens with one attached hydrogen (secondary N) is 1. The second-order valence-electron chi connectivity index (χ2n) is 7.13. The Morgan fingerprint density at radius 3 is 1.97 bits per heavy atom. The number of hydrogen-bond acceptors (Lipinski definition) is 5. The van der Waals surface area contributed by atoms with E-state index in [0.717, 1.165) is 9.87 Å². The molecule has 29 heavy (non-hydrogen) atoms. The molecule has 0 fully saturated rings. The Kier molecular flexibility index (Phi) is 7.16. The van der Waals surface area contributed by atoms with Crippen LogP contribution in [0.5, 0.6) is 0 Å². The highest BCUT2D eigenvalue weighted by Gasteiger charge is 2.21. The van der Waals surface area contributed by atoms with E-state index in [9.17, 15) is 18.0 Å². The fourth-order valence-corrected chi connectivity index (χ4v) is 3.35. The molecule has 2 rings (SSSR count). The van der Waals surface area contributed by atoms with Crippen LogP contribution < -0.4 is 5.32 Å². The standard InChI is InChI=1S/C21H26N2O5S/c1-14(2)16-6-10-18(11-7-16)22-20(24)15(3)28-21(25)17-8-12-19(13-9-17)29(26,27)23(4)5/h6-15H,1-5H3,(H,22,24)/t15-/m1/s1. The maximum Gasteiger partial charge on any atom is 0.338 e.